The van der Waals surface area contributed by atoms with Crippen molar-refractivity contribution in [1.29, 1.82) is 0 Å². The zero-order valence-electron chi connectivity index (χ0n) is 8.23. The summed E-state index contributed by atoms with van der Waals surface area (Å²) in [5.74, 6) is 0.933. The van der Waals surface area contributed by atoms with Gasteiger partial charge in [0.25, 0.3) is 0 Å². The van der Waals surface area contributed by atoms with Crippen LogP contribution in [-0.2, 0) is 5.41 Å². The molecule has 1 aromatic rings. The van der Waals surface area contributed by atoms with Crippen LogP contribution in [0.1, 0.15) is 33.4 Å². The number of nitrogens with one attached hydrogen (secondary N) is 2. The monoisotopic (exact) mass is 167 g/mol. The van der Waals surface area contributed by atoms with Crippen molar-refractivity contribution in [1.82, 2.24) is 10.2 Å². The van der Waals surface area contributed by atoms with Crippen LogP contribution in [0.3, 0.4) is 0 Å². The lowest BCUT2D eigenvalue weighted by atomic mass is 9.92. The maximum Gasteiger partial charge on any atom is 0.148 e. The van der Waals surface area contributed by atoms with Crippen molar-refractivity contribution in [2.24, 2.45) is 0 Å². The van der Waals surface area contributed by atoms with Gasteiger partial charge in [-0.2, -0.15) is 5.10 Å². The van der Waals surface area contributed by atoms with Crippen LogP contribution in [0.25, 0.3) is 0 Å². The molecule has 0 aliphatic carbocycles. The van der Waals surface area contributed by atoms with E-state index < -0.39 is 0 Å². The third-order valence-electron chi connectivity index (χ3n) is 1.74. The fourth-order valence-corrected chi connectivity index (χ4v) is 0.978. The van der Waals surface area contributed by atoms with Gasteiger partial charge in [-0.05, 0) is 6.92 Å². The van der Waals surface area contributed by atoms with Gasteiger partial charge in [0.15, 0.2) is 0 Å². The van der Waals surface area contributed by atoms with Crippen molar-refractivity contribution in [2.75, 3.05) is 11.9 Å². The molecule has 0 unspecified atom stereocenters. The molecule has 1 rings (SSSR count). The Hall–Kier alpha value is -0.990. The molecule has 0 amide bonds. The second-order valence-electron chi connectivity index (χ2n) is 3.95. The van der Waals surface area contributed by atoms with E-state index in [9.17, 15) is 0 Å². The zero-order valence-corrected chi connectivity index (χ0v) is 8.23. The first-order valence-corrected chi connectivity index (χ1v) is 4.34. The molecule has 0 saturated carbocycles. The average molecular weight is 167 g/mol. The first kappa shape index (κ1) is 9.10. The van der Waals surface area contributed by atoms with E-state index in [0.717, 1.165) is 12.4 Å². The molecular formula is C9H17N3. The molecule has 12 heavy (non-hydrogen) atoms. The highest BCUT2D eigenvalue weighted by Gasteiger charge is 2.15. The van der Waals surface area contributed by atoms with Crippen molar-refractivity contribution < 1.29 is 0 Å². The Morgan fingerprint density at radius 1 is 1.50 bits per heavy atom. The smallest absolute Gasteiger partial charge is 0.148 e. The van der Waals surface area contributed by atoms with Gasteiger partial charge in [-0.3, -0.25) is 5.10 Å². The van der Waals surface area contributed by atoms with Crippen LogP contribution < -0.4 is 5.32 Å². The average Bonchev–Trinajstić information content (AvgIpc) is 2.35. The summed E-state index contributed by atoms with van der Waals surface area (Å²) in [4.78, 5) is 0. The predicted molar refractivity (Wildman–Crippen MR) is 51.5 cm³/mol. The molecule has 0 aliphatic heterocycles. The molecule has 0 radical (unpaired) electrons. The van der Waals surface area contributed by atoms with Crippen molar-refractivity contribution >= 4 is 5.82 Å². The number of hydrogen-bond acceptors (Lipinski definition) is 2. The fourth-order valence-electron chi connectivity index (χ4n) is 0.978. The summed E-state index contributed by atoms with van der Waals surface area (Å²) in [7, 11) is 0. The summed E-state index contributed by atoms with van der Waals surface area (Å²) >= 11 is 0. The molecule has 1 heterocycles. The van der Waals surface area contributed by atoms with Gasteiger partial charge in [-0.25, -0.2) is 0 Å². The highest BCUT2D eigenvalue weighted by atomic mass is 15.2. The maximum absolute atomic E-state index is 4.14. The Balaban J connectivity index is 2.77. The molecule has 0 atom stereocenters. The van der Waals surface area contributed by atoms with Crippen molar-refractivity contribution in [3.8, 4) is 0 Å². The van der Waals surface area contributed by atoms with Gasteiger partial charge in [0.1, 0.15) is 5.82 Å². The van der Waals surface area contributed by atoms with E-state index >= 15 is 0 Å². The van der Waals surface area contributed by atoms with Crippen LogP contribution in [0, 0.1) is 0 Å². The first-order valence-electron chi connectivity index (χ1n) is 4.34. The summed E-state index contributed by atoms with van der Waals surface area (Å²) in [5.41, 5.74) is 1.32. The van der Waals surface area contributed by atoms with Crippen LogP contribution in [-0.4, -0.2) is 16.7 Å². The van der Waals surface area contributed by atoms with Gasteiger partial charge < -0.3 is 5.32 Å². The minimum Gasteiger partial charge on any atom is -0.369 e. The molecule has 68 valence electrons. The van der Waals surface area contributed by atoms with Gasteiger partial charge in [0.2, 0.25) is 0 Å². The van der Waals surface area contributed by atoms with Crippen LogP contribution in [0.15, 0.2) is 6.07 Å². The van der Waals surface area contributed by atoms with E-state index in [4.69, 9.17) is 0 Å². The first-order chi connectivity index (χ1) is 5.54. The summed E-state index contributed by atoms with van der Waals surface area (Å²) in [5, 5.41) is 10.3. The lowest BCUT2D eigenvalue weighted by molar-refractivity contribution is 0.567. The Labute approximate surface area is 73.6 Å². The van der Waals surface area contributed by atoms with Gasteiger partial charge in [-0.15, -0.1) is 0 Å². The molecule has 3 heteroatoms. The van der Waals surface area contributed by atoms with Gasteiger partial charge in [0.05, 0.1) is 0 Å². The minimum absolute atomic E-state index is 0.153. The van der Waals surface area contributed by atoms with Crippen LogP contribution >= 0.6 is 0 Å². The van der Waals surface area contributed by atoms with Gasteiger partial charge in [0, 0.05) is 23.7 Å². The number of aromatic amines is 1. The highest BCUT2D eigenvalue weighted by Crippen LogP contribution is 2.21. The standard InChI is InChI=1S/C9H17N3/c1-5-10-8-6-7(11-12-8)9(2,3)4/h6H,5H2,1-4H3,(H2,10,11,12). The zero-order chi connectivity index (χ0) is 9.19. The quantitative estimate of drug-likeness (QED) is 0.708. The van der Waals surface area contributed by atoms with E-state index in [2.05, 4.69) is 49.3 Å². The van der Waals surface area contributed by atoms with Crippen molar-refractivity contribution in [3.05, 3.63) is 11.8 Å². The summed E-state index contributed by atoms with van der Waals surface area (Å²) < 4.78 is 0. The Kier molecular flexibility index (Phi) is 2.40. The molecule has 0 aromatic carbocycles. The lowest BCUT2D eigenvalue weighted by Crippen LogP contribution is -2.11. The van der Waals surface area contributed by atoms with E-state index in [1.807, 2.05) is 0 Å². The van der Waals surface area contributed by atoms with E-state index in [1.54, 1.807) is 0 Å². The van der Waals surface area contributed by atoms with E-state index in [1.165, 1.54) is 5.69 Å². The fraction of sp³-hybridized carbons (Fsp3) is 0.667. The van der Waals surface area contributed by atoms with E-state index in [0.29, 0.717) is 0 Å². The largest absolute Gasteiger partial charge is 0.369 e. The molecule has 0 fully saturated rings. The van der Waals surface area contributed by atoms with Crippen LogP contribution in [0.2, 0.25) is 0 Å². The molecule has 0 spiro atoms. The van der Waals surface area contributed by atoms with Crippen LogP contribution in [0.5, 0.6) is 0 Å². The maximum atomic E-state index is 4.14. The van der Waals surface area contributed by atoms with Crippen LogP contribution in [0.4, 0.5) is 5.82 Å². The molecule has 1 aromatic heterocycles. The molecule has 2 N–H and O–H groups in total. The van der Waals surface area contributed by atoms with Gasteiger partial charge in [-0.1, -0.05) is 20.8 Å². The predicted octanol–water partition coefficient (Wildman–Crippen LogP) is 2.14. The third-order valence-corrected chi connectivity index (χ3v) is 1.74. The second-order valence-corrected chi connectivity index (χ2v) is 3.95. The van der Waals surface area contributed by atoms with Crippen molar-refractivity contribution in [3.63, 3.8) is 0 Å². The molecule has 0 saturated heterocycles. The number of anilines is 1. The molecule has 3 nitrogen and oxygen atoms in total. The third kappa shape index (κ3) is 2.00. The number of nitrogens with zero attached hydrogens (tertiary/aromatic N) is 1. The molecular weight excluding hydrogens is 150 g/mol. The molecule has 0 aliphatic rings. The highest BCUT2D eigenvalue weighted by molar-refractivity contribution is 5.36. The summed E-state index contributed by atoms with van der Waals surface area (Å²) in [6.45, 7) is 9.46. The topological polar surface area (TPSA) is 40.7 Å². The number of aromatic nitrogens is 2. The Morgan fingerprint density at radius 2 is 2.17 bits per heavy atom. The van der Waals surface area contributed by atoms with Crippen molar-refractivity contribution in [2.45, 2.75) is 33.1 Å². The normalized spacial score (nSPS) is 11.7. The molecule has 0 bridgehead atoms. The SMILES string of the molecule is CCNc1cc(C(C)(C)C)[nH]n1. The Bertz CT molecular complexity index is 245. The number of H-pyrrole nitrogens is 1. The van der Waals surface area contributed by atoms with E-state index in [-0.39, 0.29) is 5.41 Å². The Morgan fingerprint density at radius 3 is 2.58 bits per heavy atom. The minimum atomic E-state index is 0.153. The number of rotatable bonds is 2. The second kappa shape index (κ2) is 3.17. The summed E-state index contributed by atoms with van der Waals surface area (Å²) in [6, 6.07) is 2.06. The number of hydrogen-bond donors (Lipinski definition) is 2. The lowest BCUT2D eigenvalue weighted by Gasteiger charge is -2.14. The summed E-state index contributed by atoms with van der Waals surface area (Å²) in [6.07, 6.45) is 0. The van der Waals surface area contributed by atoms with Gasteiger partial charge >= 0.3 is 0 Å².